The van der Waals surface area contributed by atoms with Gasteiger partial charge in [-0.25, -0.2) is 4.79 Å². The van der Waals surface area contributed by atoms with Crippen LogP contribution in [0.25, 0.3) is 0 Å². The van der Waals surface area contributed by atoms with E-state index in [0.717, 1.165) is 44.2 Å². The van der Waals surface area contributed by atoms with Crippen LogP contribution in [-0.2, 0) is 10.3 Å². The second-order valence-corrected chi connectivity index (χ2v) is 10.6. The average Bonchev–Trinajstić information content (AvgIpc) is 2.87. The summed E-state index contributed by atoms with van der Waals surface area (Å²) in [5, 5.41) is 15.9. The number of benzene rings is 1. The largest absolute Gasteiger partial charge is 0.385 e. The molecular formula is C28H47N3O3. The standard InChI is InChI=1S/C28H47N3O3/c1-30-21-23(20-22-12-5-3-6-13-22)26-25(16-11-18-31(26)27(29)32)28(33,17-9-10-19-34-2)24-14-7-4-8-15-24/h4,7-8,14-15,22-23,25-26,30,33H,3,5-6,9-13,16-21H2,1-2H3,(H2,29,32)/t23-,25?,26?,28+/m0/s1. The van der Waals surface area contributed by atoms with Crippen molar-refractivity contribution in [3.05, 3.63) is 35.9 Å². The molecule has 3 rings (SSSR count). The van der Waals surface area contributed by atoms with Gasteiger partial charge in [0, 0.05) is 32.2 Å². The van der Waals surface area contributed by atoms with Crippen LogP contribution in [0.4, 0.5) is 4.79 Å². The summed E-state index contributed by atoms with van der Waals surface area (Å²) in [5.74, 6) is 0.900. The van der Waals surface area contributed by atoms with Crippen molar-refractivity contribution in [2.24, 2.45) is 23.5 Å². The molecule has 1 saturated heterocycles. The summed E-state index contributed by atoms with van der Waals surface area (Å²) in [6, 6.07) is 9.67. The molecule has 0 radical (unpaired) electrons. The van der Waals surface area contributed by atoms with Crippen LogP contribution < -0.4 is 11.1 Å². The van der Waals surface area contributed by atoms with Crippen LogP contribution in [0.3, 0.4) is 0 Å². The molecule has 1 aromatic rings. The Morgan fingerprint density at radius 1 is 1.18 bits per heavy atom. The third-order valence-corrected chi connectivity index (χ3v) is 8.32. The lowest BCUT2D eigenvalue weighted by Gasteiger charge is -2.51. The van der Waals surface area contributed by atoms with Crippen molar-refractivity contribution in [3.63, 3.8) is 0 Å². The van der Waals surface area contributed by atoms with Crippen molar-refractivity contribution >= 4 is 6.03 Å². The third-order valence-electron chi connectivity index (χ3n) is 8.32. The summed E-state index contributed by atoms with van der Waals surface area (Å²) in [6.45, 7) is 2.20. The van der Waals surface area contributed by atoms with E-state index in [1.807, 2.05) is 42.3 Å². The minimum absolute atomic E-state index is 0.0550. The molecule has 6 heteroatoms. The van der Waals surface area contributed by atoms with Crippen LogP contribution >= 0.6 is 0 Å². The zero-order valence-corrected chi connectivity index (χ0v) is 21.4. The summed E-state index contributed by atoms with van der Waals surface area (Å²) < 4.78 is 5.27. The van der Waals surface area contributed by atoms with Gasteiger partial charge in [-0.3, -0.25) is 0 Å². The molecule has 2 fully saturated rings. The van der Waals surface area contributed by atoms with Gasteiger partial charge in [-0.1, -0.05) is 62.4 Å². The highest BCUT2D eigenvalue weighted by molar-refractivity contribution is 5.72. The lowest BCUT2D eigenvalue weighted by molar-refractivity contribution is -0.0935. The molecule has 34 heavy (non-hydrogen) atoms. The Bertz CT molecular complexity index is 725. The van der Waals surface area contributed by atoms with Gasteiger partial charge in [0.05, 0.1) is 5.60 Å². The monoisotopic (exact) mass is 473 g/mol. The first-order valence-electron chi connectivity index (χ1n) is 13.5. The Kier molecular flexibility index (Phi) is 10.7. The maximum atomic E-state index is 12.7. The summed E-state index contributed by atoms with van der Waals surface area (Å²) in [7, 11) is 3.72. The second kappa shape index (κ2) is 13.5. The SMILES string of the molecule is CNC[C@H](CC1CCCCC1)C1C([C@@](O)(CCCCOC)c2ccccc2)CCCN1C(N)=O. The Morgan fingerprint density at radius 3 is 2.56 bits per heavy atom. The van der Waals surface area contributed by atoms with Crippen LogP contribution in [-0.4, -0.2) is 55.9 Å². The maximum absolute atomic E-state index is 12.7. The number of hydrogen-bond acceptors (Lipinski definition) is 4. The number of urea groups is 1. The molecule has 1 heterocycles. The first kappa shape index (κ1) is 27.0. The topological polar surface area (TPSA) is 87.8 Å². The maximum Gasteiger partial charge on any atom is 0.315 e. The number of unbranched alkanes of at least 4 members (excludes halogenated alkanes) is 1. The van der Waals surface area contributed by atoms with E-state index in [9.17, 15) is 9.90 Å². The molecular weight excluding hydrogens is 426 g/mol. The van der Waals surface area contributed by atoms with Crippen LogP contribution in [0, 0.1) is 17.8 Å². The molecule has 0 bridgehead atoms. The highest BCUT2D eigenvalue weighted by atomic mass is 16.5. The van der Waals surface area contributed by atoms with Crippen molar-refractivity contribution < 1.29 is 14.6 Å². The second-order valence-electron chi connectivity index (χ2n) is 10.6. The third kappa shape index (κ3) is 6.73. The number of primary amides is 1. The quantitative estimate of drug-likeness (QED) is 0.385. The van der Waals surface area contributed by atoms with Crippen molar-refractivity contribution in [2.45, 2.75) is 82.3 Å². The molecule has 2 amide bonds. The van der Waals surface area contributed by atoms with Gasteiger partial charge in [-0.15, -0.1) is 0 Å². The Labute approximate surface area is 206 Å². The van der Waals surface area contributed by atoms with E-state index >= 15 is 0 Å². The summed E-state index contributed by atoms with van der Waals surface area (Å²) in [6.07, 6.45) is 11.8. The van der Waals surface area contributed by atoms with Crippen molar-refractivity contribution in [1.82, 2.24) is 10.2 Å². The van der Waals surface area contributed by atoms with Crippen LogP contribution in [0.1, 0.15) is 76.2 Å². The number of nitrogens with two attached hydrogens (primary N) is 1. The predicted octanol–water partition coefficient (Wildman–Crippen LogP) is 4.66. The molecule has 0 aromatic heterocycles. The van der Waals surface area contributed by atoms with Crippen LogP contribution in [0.2, 0.25) is 0 Å². The number of likely N-dealkylation sites (tertiary alicyclic amines) is 1. The van der Waals surface area contributed by atoms with E-state index in [2.05, 4.69) is 5.32 Å². The van der Waals surface area contributed by atoms with E-state index in [1.54, 1.807) is 7.11 Å². The molecule has 2 unspecified atom stereocenters. The molecule has 2 aliphatic rings. The average molecular weight is 474 g/mol. The van der Waals surface area contributed by atoms with E-state index in [1.165, 1.54) is 32.1 Å². The minimum atomic E-state index is -1.01. The van der Waals surface area contributed by atoms with E-state index in [-0.39, 0.29) is 23.9 Å². The lowest BCUT2D eigenvalue weighted by Crippen LogP contribution is -2.60. The van der Waals surface area contributed by atoms with Gasteiger partial charge in [-0.05, 0) is 69.5 Å². The first-order chi connectivity index (χ1) is 16.5. The number of nitrogens with zero attached hydrogens (tertiary/aromatic N) is 1. The van der Waals surface area contributed by atoms with Crippen LogP contribution in [0.15, 0.2) is 30.3 Å². The number of amides is 2. The number of piperidine rings is 1. The highest BCUT2D eigenvalue weighted by Crippen LogP contribution is 2.46. The van der Waals surface area contributed by atoms with Crippen molar-refractivity contribution in [2.75, 3.05) is 33.9 Å². The van der Waals surface area contributed by atoms with Crippen molar-refractivity contribution in [1.29, 1.82) is 0 Å². The number of carbonyl (C=O) groups is 1. The van der Waals surface area contributed by atoms with E-state index in [4.69, 9.17) is 10.5 Å². The molecule has 1 aliphatic carbocycles. The van der Waals surface area contributed by atoms with Gasteiger partial charge in [-0.2, -0.15) is 0 Å². The van der Waals surface area contributed by atoms with Gasteiger partial charge >= 0.3 is 6.03 Å². The summed E-state index contributed by atoms with van der Waals surface area (Å²) >= 11 is 0. The zero-order valence-electron chi connectivity index (χ0n) is 21.4. The number of ether oxygens (including phenoxy) is 1. The van der Waals surface area contributed by atoms with Gasteiger partial charge in [0.15, 0.2) is 0 Å². The molecule has 192 valence electrons. The molecule has 1 aromatic carbocycles. The number of carbonyl (C=O) groups excluding carboxylic acids is 1. The minimum Gasteiger partial charge on any atom is -0.385 e. The summed E-state index contributed by atoms with van der Waals surface area (Å²) in [4.78, 5) is 14.6. The van der Waals surface area contributed by atoms with E-state index < -0.39 is 5.60 Å². The Hall–Kier alpha value is -1.63. The van der Waals surface area contributed by atoms with Gasteiger partial charge < -0.3 is 25.8 Å². The Morgan fingerprint density at radius 2 is 1.91 bits per heavy atom. The number of rotatable bonds is 12. The molecule has 1 aliphatic heterocycles. The number of aliphatic hydroxyl groups is 1. The predicted molar refractivity (Wildman–Crippen MR) is 137 cm³/mol. The zero-order chi connectivity index (χ0) is 24.4. The molecule has 1 saturated carbocycles. The van der Waals surface area contributed by atoms with Gasteiger partial charge in [0.2, 0.25) is 0 Å². The fourth-order valence-corrected chi connectivity index (χ4v) is 6.75. The lowest BCUT2D eigenvalue weighted by atomic mass is 9.65. The van der Waals surface area contributed by atoms with Gasteiger partial charge in [0.25, 0.3) is 0 Å². The van der Waals surface area contributed by atoms with Crippen LogP contribution in [0.5, 0.6) is 0 Å². The number of hydrogen-bond donors (Lipinski definition) is 3. The normalized spacial score (nSPS) is 24.5. The molecule has 4 atom stereocenters. The first-order valence-corrected chi connectivity index (χ1v) is 13.5. The fourth-order valence-electron chi connectivity index (χ4n) is 6.75. The molecule has 0 spiro atoms. The number of methoxy groups -OCH3 is 1. The Balaban J connectivity index is 1.96. The van der Waals surface area contributed by atoms with Crippen molar-refractivity contribution in [3.8, 4) is 0 Å². The molecule has 6 nitrogen and oxygen atoms in total. The number of nitrogens with one attached hydrogen (secondary N) is 1. The van der Waals surface area contributed by atoms with E-state index in [0.29, 0.717) is 25.5 Å². The fraction of sp³-hybridized carbons (Fsp3) is 0.750. The summed E-state index contributed by atoms with van der Waals surface area (Å²) in [5.41, 5.74) is 5.92. The smallest absolute Gasteiger partial charge is 0.315 e. The highest BCUT2D eigenvalue weighted by Gasteiger charge is 2.49. The molecule has 4 N–H and O–H groups in total. The van der Waals surface area contributed by atoms with Gasteiger partial charge in [0.1, 0.15) is 0 Å².